The Labute approximate surface area is 100 Å². The molecule has 0 aliphatic carbocycles. The topological polar surface area (TPSA) is 18.5 Å². The second kappa shape index (κ2) is 7.05. The van der Waals surface area contributed by atoms with E-state index >= 15 is 0 Å². The summed E-state index contributed by atoms with van der Waals surface area (Å²) in [4.78, 5) is 5.00. The summed E-state index contributed by atoms with van der Waals surface area (Å²) >= 11 is 0. The summed E-state index contributed by atoms with van der Waals surface area (Å²) in [6, 6.07) is 0.747. The molecule has 0 aromatic heterocycles. The van der Waals surface area contributed by atoms with Crippen molar-refractivity contribution in [1.29, 1.82) is 0 Å². The van der Waals surface area contributed by atoms with Crippen molar-refractivity contribution in [2.75, 3.05) is 46.8 Å². The standard InChI is InChI=1S/C13H27N3/c1-5-16-8-6-13(7-9-16)15(4)11-12(2)10-14-3/h13-14H,2,5-11H2,1,3-4H3. The third-order valence-electron chi connectivity index (χ3n) is 3.53. The SMILES string of the molecule is C=C(CNC)CN(C)C1CCN(CC)CC1. The van der Waals surface area contributed by atoms with Crippen LogP contribution in [-0.2, 0) is 0 Å². The quantitative estimate of drug-likeness (QED) is 0.685. The maximum atomic E-state index is 4.10. The minimum absolute atomic E-state index is 0.747. The molecule has 1 aliphatic rings. The first kappa shape index (κ1) is 13.7. The molecule has 1 fully saturated rings. The van der Waals surface area contributed by atoms with E-state index < -0.39 is 0 Å². The zero-order chi connectivity index (χ0) is 12.0. The lowest BCUT2D eigenvalue weighted by Crippen LogP contribution is -2.44. The van der Waals surface area contributed by atoms with Gasteiger partial charge < -0.3 is 10.2 Å². The van der Waals surface area contributed by atoms with Crippen LogP contribution >= 0.6 is 0 Å². The molecule has 0 saturated carbocycles. The molecule has 16 heavy (non-hydrogen) atoms. The smallest absolute Gasteiger partial charge is 0.0202 e. The predicted octanol–water partition coefficient (Wildman–Crippen LogP) is 1.18. The van der Waals surface area contributed by atoms with E-state index in [0.717, 1.165) is 19.1 Å². The summed E-state index contributed by atoms with van der Waals surface area (Å²) in [5.41, 5.74) is 1.28. The van der Waals surface area contributed by atoms with E-state index in [1.807, 2.05) is 7.05 Å². The first-order chi connectivity index (χ1) is 7.67. The average Bonchev–Trinajstić information content (AvgIpc) is 2.29. The number of rotatable bonds is 6. The van der Waals surface area contributed by atoms with Gasteiger partial charge in [0, 0.05) is 19.1 Å². The molecule has 0 aromatic carbocycles. The van der Waals surface area contributed by atoms with Crippen LogP contribution < -0.4 is 5.32 Å². The monoisotopic (exact) mass is 225 g/mol. The molecule has 1 rings (SSSR count). The second-order valence-corrected chi connectivity index (χ2v) is 4.86. The molecular weight excluding hydrogens is 198 g/mol. The Morgan fingerprint density at radius 1 is 1.44 bits per heavy atom. The van der Waals surface area contributed by atoms with Gasteiger partial charge in [-0.05, 0) is 52.1 Å². The summed E-state index contributed by atoms with van der Waals surface area (Å²) in [6.45, 7) is 12.0. The highest BCUT2D eigenvalue weighted by molar-refractivity contribution is 5.00. The first-order valence-electron chi connectivity index (χ1n) is 6.41. The Morgan fingerprint density at radius 3 is 2.56 bits per heavy atom. The predicted molar refractivity (Wildman–Crippen MR) is 70.8 cm³/mol. The zero-order valence-corrected chi connectivity index (χ0v) is 11.1. The van der Waals surface area contributed by atoms with Crippen molar-refractivity contribution in [3.05, 3.63) is 12.2 Å². The van der Waals surface area contributed by atoms with Crippen LogP contribution in [0.5, 0.6) is 0 Å². The lowest BCUT2D eigenvalue weighted by atomic mass is 10.0. The molecule has 3 nitrogen and oxygen atoms in total. The number of piperidine rings is 1. The van der Waals surface area contributed by atoms with E-state index in [1.54, 1.807) is 0 Å². The van der Waals surface area contributed by atoms with Crippen molar-refractivity contribution >= 4 is 0 Å². The lowest BCUT2D eigenvalue weighted by Gasteiger charge is -2.36. The molecule has 1 aliphatic heterocycles. The minimum Gasteiger partial charge on any atom is -0.316 e. The molecule has 0 amide bonds. The van der Waals surface area contributed by atoms with Crippen LogP contribution in [0.1, 0.15) is 19.8 Å². The van der Waals surface area contributed by atoms with Crippen LogP contribution in [0.3, 0.4) is 0 Å². The van der Waals surface area contributed by atoms with Crippen molar-refractivity contribution < 1.29 is 0 Å². The molecule has 0 radical (unpaired) electrons. The molecule has 1 N–H and O–H groups in total. The van der Waals surface area contributed by atoms with Crippen LogP contribution in [0.4, 0.5) is 0 Å². The van der Waals surface area contributed by atoms with Gasteiger partial charge in [-0.1, -0.05) is 13.5 Å². The minimum atomic E-state index is 0.747. The van der Waals surface area contributed by atoms with E-state index in [-0.39, 0.29) is 0 Å². The van der Waals surface area contributed by atoms with Gasteiger partial charge in [0.2, 0.25) is 0 Å². The van der Waals surface area contributed by atoms with Gasteiger partial charge in [0.15, 0.2) is 0 Å². The Hall–Kier alpha value is -0.380. The first-order valence-corrected chi connectivity index (χ1v) is 6.41. The molecular formula is C13H27N3. The second-order valence-electron chi connectivity index (χ2n) is 4.86. The molecule has 1 saturated heterocycles. The van der Waals surface area contributed by atoms with Gasteiger partial charge in [-0.25, -0.2) is 0 Å². The highest BCUT2D eigenvalue weighted by Gasteiger charge is 2.21. The number of likely N-dealkylation sites (N-methyl/N-ethyl adjacent to an activating group) is 2. The Bertz CT molecular complexity index is 207. The third kappa shape index (κ3) is 4.24. The number of hydrogen-bond donors (Lipinski definition) is 1. The summed E-state index contributed by atoms with van der Waals surface area (Å²) in [7, 11) is 4.21. The average molecular weight is 225 g/mol. The van der Waals surface area contributed by atoms with Gasteiger partial charge in [0.1, 0.15) is 0 Å². The van der Waals surface area contributed by atoms with E-state index in [9.17, 15) is 0 Å². The van der Waals surface area contributed by atoms with Crippen LogP contribution in [0.15, 0.2) is 12.2 Å². The van der Waals surface area contributed by atoms with Crippen molar-refractivity contribution in [2.45, 2.75) is 25.8 Å². The number of nitrogens with zero attached hydrogens (tertiary/aromatic N) is 2. The molecule has 0 bridgehead atoms. The molecule has 0 atom stereocenters. The fourth-order valence-corrected chi connectivity index (χ4v) is 2.46. The number of hydrogen-bond acceptors (Lipinski definition) is 3. The van der Waals surface area contributed by atoms with Crippen molar-refractivity contribution in [3.8, 4) is 0 Å². The lowest BCUT2D eigenvalue weighted by molar-refractivity contribution is 0.138. The van der Waals surface area contributed by atoms with E-state index in [0.29, 0.717) is 0 Å². The highest BCUT2D eigenvalue weighted by atomic mass is 15.2. The fraction of sp³-hybridized carbons (Fsp3) is 0.846. The third-order valence-corrected chi connectivity index (χ3v) is 3.53. The molecule has 0 unspecified atom stereocenters. The Balaban J connectivity index is 2.27. The molecule has 1 heterocycles. The Morgan fingerprint density at radius 2 is 2.06 bits per heavy atom. The normalized spacial score (nSPS) is 19.2. The van der Waals surface area contributed by atoms with Crippen LogP contribution in [-0.4, -0.2) is 62.7 Å². The van der Waals surface area contributed by atoms with Gasteiger partial charge >= 0.3 is 0 Å². The number of nitrogens with one attached hydrogen (secondary N) is 1. The van der Waals surface area contributed by atoms with Gasteiger partial charge in [0.25, 0.3) is 0 Å². The maximum absolute atomic E-state index is 4.10. The van der Waals surface area contributed by atoms with Crippen LogP contribution in [0.2, 0.25) is 0 Å². The van der Waals surface area contributed by atoms with Crippen molar-refractivity contribution in [3.63, 3.8) is 0 Å². The zero-order valence-electron chi connectivity index (χ0n) is 11.1. The van der Waals surface area contributed by atoms with E-state index in [4.69, 9.17) is 0 Å². The van der Waals surface area contributed by atoms with E-state index in [2.05, 4.69) is 35.7 Å². The molecule has 0 spiro atoms. The van der Waals surface area contributed by atoms with Crippen LogP contribution in [0.25, 0.3) is 0 Å². The van der Waals surface area contributed by atoms with E-state index in [1.165, 1.54) is 38.0 Å². The van der Waals surface area contributed by atoms with Gasteiger partial charge in [0.05, 0.1) is 0 Å². The largest absolute Gasteiger partial charge is 0.316 e. The Kier molecular flexibility index (Phi) is 6.03. The van der Waals surface area contributed by atoms with Gasteiger partial charge in [-0.2, -0.15) is 0 Å². The van der Waals surface area contributed by atoms with Gasteiger partial charge in [-0.3, -0.25) is 4.90 Å². The van der Waals surface area contributed by atoms with Crippen molar-refractivity contribution in [2.24, 2.45) is 0 Å². The van der Waals surface area contributed by atoms with Gasteiger partial charge in [-0.15, -0.1) is 0 Å². The fourth-order valence-electron chi connectivity index (χ4n) is 2.46. The molecule has 3 heteroatoms. The highest BCUT2D eigenvalue weighted by Crippen LogP contribution is 2.15. The molecule has 94 valence electrons. The number of likely N-dealkylation sites (tertiary alicyclic amines) is 1. The summed E-state index contributed by atoms with van der Waals surface area (Å²) in [5.74, 6) is 0. The summed E-state index contributed by atoms with van der Waals surface area (Å²) < 4.78 is 0. The molecule has 0 aromatic rings. The summed E-state index contributed by atoms with van der Waals surface area (Å²) in [6.07, 6.45) is 2.61. The van der Waals surface area contributed by atoms with Crippen molar-refractivity contribution in [1.82, 2.24) is 15.1 Å². The summed E-state index contributed by atoms with van der Waals surface area (Å²) in [5, 5.41) is 3.16. The van der Waals surface area contributed by atoms with Crippen LogP contribution in [0, 0.1) is 0 Å². The maximum Gasteiger partial charge on any atom is 0.0202 e.